The zero-order valence-corrected chi connectivity index (χ0v) is 11.3. The van der Waals surface area contributed by atoms with Crippen LogP contribution in [0.1, 0.15) is 55.2 Å². The number of carboxylic acids is 1. The molecule has 1 aliphatic carbocycles. The van der Waals surface area contributed by atoms with Gasteiger partial charge in [-0.15, -0.1) is 0 Å². The topological polar surface area (TPSA) is 37.3 Å². The molecule has 0 bridgehead atoms. The maximum absolute atomic E-state index is 11.2. The smallest absolute Gasteiger partial charge is 0.304 e. The van der Waals surface area contributed by atoms with Gasteiger partial charge in [-0.3, -0.25) is 4.79 Å². The van der Waals surface area contributed by atoms with E-state index in [2.05, 4.69) is 32.0 Å². The maximum Gasteiger partial charge on any atom is 0.304 e. The number of rotatable bonds is 3. The Bertz CT molecular complexity index is 442. The summed E-state index contributed by atoms with van der Waals surface area (Å²) in [7, 11) is 0. The van der Waals surface area contributed by atoms with Crippen LogP contribution >= 0.6 is 0 Å². The Hall–Kier alpha value is -1.31. The number of carboxylic acid groups (broad SMARTS) is 1. The van der Waals surface area contributed by atoms with Gasteiger partial charge in [0.2, 0.25) is 0 Å². The molecule has 0 aromatic heterocycles. The van der Waals surface area contributed by atoms with E-state index in [-0.39, 0.29) is 11.8 Å². The number of aryl methyl sites for hydroxylation is 2. The number of hydrogen-bond acceptors (Lipinski definition) is 1. The molecule has 0 amide bonds. The van der Waals surface area contributed by atoms with Gasteiger partial charge in [0.1, 0.15) is 0 Å². The summed E-state index contributed by atoms with van der Waals surface area (Å²) in [6.07, 6.45) is 5.85. The molecule has 1 N–H and O–H groups in total. The molecule has 0 saturated heterocycles. The van der Waals surface area contributed by atoms with E-state index in [1.807, 2.05) is 0 Å². The molecule has 2 rings (SSSR count). The molecule has 1 aromatic rings. The molecule has 2 heteroatoms. The molecule has 98 valence electrons. The SMILES string of the molecule is Cc1ccc(C2(CC(=O)O)CCCCC2)cc1C. The van der Waals surface area contributed by atoms with E-state index in [0.717, 1.165) is 25.7 Å². The van der Waals surface area contributed by atoms with Crippen molar-refractivity contribution in [3.05, 3.63) is 34.9 Å². The van der Waals surface area contributed by atoms with Gasteiger partial charge in [-0.25, -0.2) is 0 Å². The zero-order chi connectivity index (χ0) is 13.2. The maximum atomic E-state index is 11.2. The van der Waals surface area contributed by atoms with E-state index < -0.39 is 5.97 Å². The van der Waals surface area contributed by atoms with Gasteiger partial charge in [0.25, 0.3) is 0 Å². The van der Waals surface area contributed by atoms with Gasteiger partial charge < -0.3 is 5.11 Å². The van der Waals surface area contributed by atoms with Crippen molar-refractivity contribution in [2.45, 2.75) is 57.8 Å². The Kier molecular flexibility index (Phi) is 3.74. The third kappa shape index (κ3) is 2.58. The molecule has 1 aromatic carbocycles. The van der Waals surface area contributed by atoms with Crippen LogP contribution in [0.2, 0.25) is 0 Å². The molecular formula is C16H22O2. The van der Waals surface area contributed by atoms with Crippen LogP contribution in [-0.4, -0.2) is 11.1 Å². The fourth-order valence-electron chi connectivity index (χ4n) is 3.16. The molecule has 1 fully saturated rings. The highest BCUT2D eigenvalue weighted by atomic mass is 16.4. The van der Waals surface area contributed by atoms with Crippen LogP contribution in [-0.2, 0) is 10.2 Å². The predicted molar refractivity (Wildman–Crippen MR) is 72.9 cm³/mol. The van der Waals surface area contributed by atoms with Crippen molar-refractivity contribution < 1.29 is 9.90 Å². The van der Waals surface area contributed by atoms with Gasteiger partial charge >= 0.3 is 5.97 Å². The normalized spacial score (nSPS) is 18.6. The summed E-state index contributed by atoms with van der Waals surface area (Å²) in [5.74, 6) is -0.671. The van der Waals surface area contributed by atoms with E-state index in [1.165, 1.54) is 23.1 Å². The summed E-state index contributed by atoms with van der Waals surface area (Å²) >= 11 is 0. The molecule has 0 heterocycles. The summed E-state index contributed by atoms with van der Waals surface area (Å²) in [5, 5.41) is 9.22. The molecule has 18 heavy (non-hydrogen) atoms. The zero-order valence-electron chi connectivity index (χ0n) is 11.3. The Balaban J connectivity index is 2.38. The Labute approximate surface area is 109 Å². The monoisotopic (exact) mass is 246 g/mol. The molecule has 0 radical (unpaired) electrons. The van der Waals surface area contributed by atoms with Crippen molar-refractivity contribution in [3.8, 4) is 0 Å². The van der Waals surface area contributed by atoms with Gasteiger partial charge in [0.15, 0.2) is 0 Å². The number of benzene rings is 1. The van der Waals surface area contributed by atoms with Crippen LogP contribution < -0.4 is 0 Å². The van der Waals surface area contributed by atoms with Crippen molar-refractivity contribution >= 4 is 5.97 Å². The Morgan fingerprint density at radius 1 is 1.17 bits per heavy atom. The summed E-state index contributed by atoms with van der Waals surface area (Å²) < 4.78 is 0. The molecule has 0 atom stereocenters. The van der Waals surface area contributed by atoms with Gasteiger partial charge in [-0.05, 0) is 43.4 Å². The van der Waals surface area contributed by atoms with E-state index in [0.29, 0.717) is 0 Å². The number of carbonyl (C=O) groups is 1. The van der Waals surface area contributed by atoms with Crippen molar-refractivity contribution in [1.29, 1.82) is 0 Å². The average Bonchev–Trinajstić information content (AvgIpc) is 2.33. The number of aliphatic carboxylic acids is 1. The highest BCUT2D eigenvalue weighted by molar-refractivity contribution is 5.69. The lowest BCUT2D eigenvalue weighted by Crippen LogP contribution is -2.32. The quantitative estimate of drug-likeness (QED) is 0.875. The molecule has 1 aliphatic rings. The summed E-state index contributed by atoms with van der Waals surface area (Å²) in [4.78, 5) is 11.2. The van der Waals surface area contributed by atoms with Crippen molar-refractivity contribution in [3.63, 3.8) is 0 Å². The minimum Gasteiger partial charge on any atom is -0.481 e. The highest BCUT2D eigenvalue weighted by Gasteiger charge is 2.36. The van der Waals surface area contributed by atoms with Gasteiger partial charge in [0, 0.05) is 5.41 Å². The molecule has 0 aliphatic heterocycles. The lowest BCUT2D eigenvalue weighted by atomic mass is 9.67. The second kappa shape index (κ2) is 5.13. The summed E-state index contributed by atoms with van der Waals surface area (Å²) in [6, 6.07) is 6.46. The van der Waals surface area contributed by atoms with E-state index in [9.17, 15) is 9.90 Å². The first-order valence-electron chi connectivity index (χ1n) is 6.83. The minimum atomic E-state index is -0.671. The average molecular weight is 246 g/mol. The predicted octanol–water partition coefficient (Wildman–Crippen LogP) is 3.98. The summed E-state index contributed by atoms with van der Waals surface area (Å²) in [6.45, 7) is 4.21. The molecule has 2 nitrogen and oxygen atoms in total. The van der Waals surface area contributed by atoms with E-state index in [1.54, 1.807) is 0 Å². The second-order valence-electron chi connectivity index (χ2n) is 5.71. The molecule has 0 unspecified atom stereocenters. The van der Waals surface area contributed by atoms with Crippen molar-refractivity contribution in [1.82, 2.24) is 0 Å². The fourth-order valence-corrected chi connectivity index (χ4v) is 3.16. The molecule has 1 saturated carbocycles. The third-order valence-electron chi connectivity index (χ3n) is 4.42. The lowest BCUT2D eigenvalue weighted by molar-refractivity contribution is -0.138. The third-order valence-corrected chi connectivity index (χ3v) is 4.42. The van der Waals surface area contributed by atoms with Crippen LogP contribution in [0, 0.1) is 13.8 Å². The number of hydrogen-bond donors (Lipinski definition) is 1. The highest BCUT2D eigenvalue weighted by Crippen LogP contribution is 2.42. The van der Waals surface area contributed by atoms with Crippen molar-refractivity contribution in [2.24, 2.45) is 0 Å². The first kappa shape index (κ1) is 13.1. The van der Waals surface area contributed by atoms with Gasteiger partial charge in [-0.2, -0.15) is 0 Å². The van der Waals surface area contributed by atoms with Crippen molar-refractivity contribution in [2.75, 3.05) is 0 Å². The molecule has 0 spiro atoms. The standard InChI is InChI=1S/C16H22O2/c1-12-6-7-14(10-13(12)2)16(11-15(17)18)8-4-3-5-9-16/h6-7,10H,3-5,8-9,11H2,1-2H3,(H,17,18). The van der Waals surface area contributed by atoms with Crippen LogP contribution in [0.15, 0.2) is 18.2 Å². The van der Waals surface area contributed by atoms with Gasteiger partial charge in [-0.1, -0.05) is 37.5 Å². The fraction of sp³-hybridized carbons (Fsp3) is 0.562. The van der Waals surface area contributed by atoms with Crippen LogP contribution in [0.3, 0.4) is 0 Å². The van der Waals surface area contributed by atoms with Crippen LogP contribution in [0.5, 0.6) is 0 Å². The first-order chi connectivity index (χ1) is 8.53. The first-order valence-corrected chi connectivity index (χ1v) is 6.83. The summed E-state index contributed by atoms with van der Waals surface area (Å²) in [5.41, 5.74) is 3.65. The second-order valence-corrected chi connectivity index (χ2v) is 5.71. The minimum absolute atomic E-state index is 0.122. The van der Waals surface area contributed by atoms with Crippen LogP contribution in [0.25, 0.3) is 0 Å². The van der Waals surface area contributed by atoms with Gasteiger partial charge in [0.05, 0.1) is 6.42 Å². The van der Waals surface area contributed by atoms with E-state index in [4.69, 9.17) is 0 Å². The Morgan fingerprint density at radius 2 is 1.83 bits per heavy atom. The largest absolute Gasteiger partial charge is 0.481 e. The van der Waals surface area contributed by atoms with E-state index >= 15 is 0 Å². The Morgan fingerprint density at radius 3 is 2.39 bits per heavy atom. The van der Waals surface area contributed by atoms with Crippen LogP contribution in [0.4, 0.5) is 0 Å². The molecular weight excluding hydrogens is 224 g/mol. The lowest BCUT2D eigenvalue weighted by Gasteiger charge is -2.37.